The van der Waals surface area contributed by atoms with Gasteiger partial charge in [0.25, 0.3) is 0 Å². The van der Waals surface area contributed by atoms with E-state index in [1.54, 1.807) is 0 Å². The molecule has 0 nitrogen and oxygen atoms in total. The topological polar surface area (TPSA) is 0 Å². The van der Waals surface area contributed by atoms with Crippen molar-refractivity contribution in [3.05, 3.63) is 208 Å². The summed E-state index contributed by atoms with van der Waals surface area (Å²) in [4.78, 5) is 0. The second-order valence-corrected chi connectivity index (χ2v) is 17.8. The van der Waals surface area contributed by atoms with E-state index in [9.17, 15) is 0 Å². The summed E-state index contributed by atoms with van der Waals surface area (Å²) < 4.78 is 0. The van der Waals surface area contributed by atoms with Crippen LogP contribution >= 0.6 is 0 Å². The number of fused-ring (bicyclic) bond motifs is 5. The second-order valence-electron chi connectivity index (χ2n) is 17.8. The maximum absolute atomic E-state index is 2.57. The molecule has 54 heavy (non-hydrogen) atoms. The molecular weight excluding hydrogens is 649 g/mol. The lowest BCUT2D eigenvalue weighted by Gasteiger charge is -2.47. The summed E-state index contributed by atoms with van der Waals surface area (Å²) in [5.41, 5.74) is 17.3. The third kappa shape index (κ3) is 5.33. The smallest absolute Gasteiger partial charge is 0.0418 e. The largest absolute Gasteiger partial charge is 0.0639 e. The Morgan fingerprint density at radius 3 is 1.52 bits per heavy atom. The molecule has 0 spiro atoms. The molecule has 0 saturated heterocycles. The molecular formula is C54H50. The lowest BCUT2D eigenvalue weighted by Crippen LogP contribution is -2.41. The molecule has 0 radical (unpaired) electrons. The van der Waals surface area contributed by atoms with E-state index in [1.165, 1.54) is 83.1 Å². The Hall–Kier alpha value is -5.46. The van der Waals surface area contributed by atoms with Gasteiger partial charge in [-0.2, -0.15) is 0 Å². The Balaban J connectivity index is 1.40. The van der Waals surface area contributed by atoms with E-state index in [1.807, 2.05) is 0 Å². The van der Waals surface area contributed by atoms with E-state index in [0.29, 0.717) is 0 Å². The molecule has 0 saturated carbocycles. The third-order valence-electron chi connectivity index (χ3n) is 12.5. The van der Waals surface area contributed by atoms with Crippen LogP contribution in [-0.2, 0) is 16.2 Å². The molecule has 7 aromatic rings. The van der Waals surface area contributed by atoms with Crippen LogP contribution < -0.4 is 0 Å². The highest BCUT2D eigenvalue weighted by molar-refractivity contribution is 5.97. The van der Waals surface area contributed by atoms with Gasteiger partial charge in [-0.3, -0.25) is 0 Å². The van der Waals surface area contributed by atoms with E-state index in [4.69, 9.17) is 0 Å². The zero-order chi connectivity index (χ0) is 37.4. The van der Waals surface area contributed by atoms with E-state index in [-0.39, 0.29) is 22.7 Å². The average molecular weight is 699 g/mol. The van der Waals surface area contributed by atoms with Gasteiger partial charge in [0.05, 0.1) is 0 Å². The minimum atomic E-state index is -0.473. The minimum Gasteiger partial charge on any atom is -0.0639 e. The lowest BCUT2D eigenvalue weighted by atomic mass is 9.54. The molecule has 0 heterocycles. The first-order chi connectivity index (χ1) is 26.0. The van der Waals surface area contributed by atoms with Gasteiger partial charge < -0.3 is 0 Å². The molecule has 0 aliphatic heterocycles. The Morgan fingerprint density at radius 1 is 0.407 bits per heavy atom. The molecule has 266 valence electrons. The number of allylic oxidation sites excluding steroid dienone is 1. The summed E-state index contributed by atoms with van der Waals surface area (Å²) in [7, 11) is 0. The molecule has 2 aliphatic carbocycles. The van der Waals surface area contributed by atoms with Gasteiger partial charge in [-0.05, 0) is 101 Å². The first kappa shape index (κ1) is 34.3. The summed E-state index contributed by atoms with van der Waals surface area (Å²) in [6.45, 7) is 16.5. The molecule has 0 fully saturated rings. The van der Waals surface area contributed by atoms with Crippen molar-refractivity contribution < 1.29 is 0 Å². The summed E-state index contributed by atoms with van der Waals surface area (Å²) >= 11 is 0. The van der Waals surface area contributed by atoms with Gasteiger partial charge >= 0.3 is 0 Å². The average Bonchev–Trinajstić information content (AvgIpc) is 3.69. The highest BCUT2D eigenvalue weighted by Crippen LogP contribution is 2.65. The molecule has 0 amide bonds. The first-order valence-electron chi connectivity index (χ1n) is 19.7. The molecule has 1 atom stereocenters. The summed E-state index contributed by atoms with van der Waals surface area (Å²) in [6, 6.07) is 60.5. The first-order valence-corrected chi connectivity index (χ1v) is 19.7. The van der Waals surface area contributed by atoms with Gasteiger partial charge in [-0.15, -0.1) is 0 Å². The van der Waals surface area contributed by atoms with Gasteiger partial charge in [0.15, 0.2) is 0 Å². The predicted molar refractivity (Wildman–Crippen MR) is 231 cm³/mol. The van der Waals surface area contributed by atoms with Crippen molar-refractivity contribution in [2.24, 2.45) is 0 Å². The second kappa shape index (κ2) is 12.6. The fourth-order valence-electron chi connectivity index (χ4n) is 9.89. The Labute approximate surface area is 322 Å². The zero-order valence-electron chi connectivity index (χ0n) is 32.7. The SMILES string of the molecule is CC1=Cc2ccc(-c3cccc4ccccc34)cc2C1C(c1ccccc1)(c1ccccc1)C1c2cc(C(C)(C)C)ccc2-c2ccc(C(C)(C)C)cc21. The van der Waals surface area contributed by atoms with Gasteiger partial charge in [0, 0.05) is 17.3 Å². The highest BCUT2D eigenvalue weighted by atomic mass is 14.6. The van der Waals surface area contributed by atoms with Gasteiger partial charge in [-0.1, -0.05) is 205 Å². The molecule has 7 aromatic carbocycles. The van der Waals surface area contributed by atoms with Crippen LogP contribution in [-0.4, -0.2) is 0 Å². The van der Waals surface area contributed by atoms with Crippen molar-refractivity contribution in [1.82, 2.24) is 0 Å². The Kier molecular flexibility index (Phi) is 7.98. The Morgan fingerprint density at radius 2 is 0.944 bits per heavy atom. The van der Waals surface area contributed by atoms with Crippen LogP contribution in [0.3, 0.4) is 0 Å². The Bertz CT molecular complexity index is 2460. The molecule has 0 bridgehead atoms. The normalized spacial score (nSPS) is 15.5. The molecule has 0 heteroatoms. The van der Waals surface area contributed by atoms with Crippen LogP contribution in [0, 0.1) is 0 Å². The summed E-state index contributed by atoms with van der Waals surface area (Å²) in [5.74, 6) is 0.130. The molecule has 1 unspecified atom stereocenters. The summed E-state index contributed by atoms with van der Waals surface area (Å²) in [5, 5.41) is 2.56. The lowest BCUT2D eigenvalue weighted by molar-refractivity contribution is 0.404. The van der Waals surface area contributed by atoms with E-state index >= 15 is 0 Å². The van der Waals surface area contributed by atoms with Crippen molar-refractivity contribution in [2.75, 3.05) is 0 Å². The van der Waals surface area contributed by atoms with Gasteiger partial charge in [0.2, 0.25) is 0 Å². The van der Waals surface area contributed by atoms with Gasteiger partial charge in [0.1, 0.15) is 0 Å². The van der Waals surface area contributed by atoms with Crippen LogP contribution in [0.2, 0.25) is 0 Å². The maximum atomic E-state index is 2.57. The van der Waals surface area contributed by atoms with Crippen molar-refractivity contribution in [3.63, 3.8) is 0 Å². The molecule has 9 rings (SSSR count). The highest BCUT2D eigenvalue weighted by Gasteiger charge is 2.55. The van der Waals surface area contributed by atoms with E-state index in [2.05, 4.69) is 212 Å². The summed E-state index contributed by atoms with van der Waals surface area (Å²) in [6.07, 6.45) is 2.47. The van der Waals surface area contributed by atoms with E-state index < -0.39 is 5.41 Å². The number of hydrogen-bond donors (Lipinski definition) is 0. The zero-order valence-corrected chi connectivity index (χ0v) is 32.7. The van der Waals surface area contributed by atoms with Crippen LogP contribution in [0.1, 0.15) is 105 Å². The molecule has 0 N–H and O–H groups in total. The van der Waals surface area contributed by atoms with Crippen molar-refractivity contribution in [2.45, 2.75) is 76.5 Å². The van der Waals surface area contributed by atoms with E-state index in [0.717, 1.165) is 0 Å². The maximum Gasteiger partial charge on any atom is 0.0418 e. The monoisotopic (exact) mass is 698 g/mol. The fourth-order valence-corrected chi connectivity index (χ4v) is 9.89. The fraction of sp³-hybridized carbons (Fsp3) is 0.222. The number of rotatable bonds is 5. The van der Waals surface area contributed by atoms with Crippen LogP contribution in [0.5, 0.6) is 0 Å². The number of hydrogen-bond acceptors (Lipinski definition) is 0. The number of benzene rings is 7. The predicted octanol–water partition coefficient (Wildman–Crippen LogP) is 14.4. The molecule has 2 aliphatic rings. The van der Waals surface area contributed by atoms with Crippen molar-refractivity contribution in [1.29, 1.82) is 0 Å². The van der Waals surface area contributed by atoms with Crippen molar-refractivity contribution >= 4 is 16.8 Å². The standard InChI is InChI=1S/C54H50/c1-35-31-37-25-26-38(44-24-16-18-36-17-14-15-23-43(36)44)32-47(37)50(35)54(39-19-10-8-11-20-39,40-21-12-9-13-22-40)51-48-33-41(52(2,3)4)27-29-45(48)46-30-28-42(34-49(46)51)53(5,6)7/h8-34,50-51H,1-7H3. The van der Waals surface area contributed by atoms with Crippen LogP contribution in [0.15, 0.2) is 163 Å². The van der Waals surface area contributed by atoms with Crippen LogP contribution in [0.25, 0.3) is 39.1 Å². The third-order valence-corrected chi connectivity index (χ3v) is 12.5. The van der Waals surface area contributed by atoms with Gasteiger partial charge in [-0.25, -0.2) is 0 Å². The minimum absolute atomic E-state index is 0.0101. The van der Waals surface area contributed by atoms with Crippen molar-refractivity contribution in [3.8, 4) is 22.3 Å². The molecule has 0 aromatic heterocycles. The van der Waals surface area contributed by atoms with Crippen LogP contribution in [0.4, 0.5) is 0 Å². The quantitative estimate of drug-likeness (QED) is 0.168.